The van der Waals surface area contributed by atoms with Crippen LogP contribution in [0, 0.1) is 0 Å². The Kier molecular flexibility index (Phi) is 4.76. The van der Waals surface area contributed by atoms with Crippen molar-refractivity contribution in [2.45, 2.75) is 13.0 Å². The van der Waals surface area contributed by atoms with Crippen LogP contribution in [0.1, 0.15) is 6.42 Å². The third-order valence-electron chi connectivity index (χ3n) is 3.14. The summed E-state index contributed by atoms with van der Waals surface area (Å²) in [5.41, 5.74) is -0.488. The monoisotopic (exact) mass is 297 g/mol. The fourth-order valence-corrected chi connectivity index (χ4v) is 2.10. The molecule has 0 saturated heterocycles. The summed E-state index contributed by atoms with van der Waals surface area (Å²) in [4.78, 5) is 30.1. The van der Waals surface area contributed by atoms with Crippen LogP contribution in [0.3, 0.4) is 0 Å². The molecule has 21 heavy (non-hydrogen) atoms. The van der Waals surface area contributed by atoms with E-state index < -0.39 is 11.2 Å². The molecule has 0 aliphatic rings. The molecular weight excluding hydrogens is 278 g/mol. The molecule has 0 aliphatic carbocycles. The fourth-order valence-electron chi connectivity index (χ4n) is 2.10. The molecule has 0 aromatic carbocycles. The number of imidazole rings is 1. The third kappa shape index (κ3) is 2.98. The van der Waals surface area contributed by atoms with E-state index in [-0.39, 0.29) is 24.3 Å². The van der Waals surface area contributed by atoms with Crippen LogP contribution >= 0.6 is 0 Å². The zero-order valence-corrected chi connectivity index (χ0v) is 12.0. The summed E-state index contributed by atoms with van der Waals surface area (Å²) in [5, 5.41) is 12.3. The van der Waals surface area contributed by atoms with Gasteiger partial charge >= 0.3 is 5.69 Å². The average Bonchev–Trinajstić information content (AvgIpc) is 2.81. The second-order valence-electron chi connectivity index (χ2n) is 4.57. The Bertz CT molecular complexity index is 730. The van der Waals surface area contributed by atoms with Crippen molar-refractivity contribution in [3.8, 4) is 0 Å². The second kappa shape index (κ2) is 6.55. The number of fused-ring (bicyclic) bond motifs is 1. The molecule has 2 rings (SSSR count). The van der Waals surface area contributed by atoms with Gasteiger partial charge in [0, 0.05) is 33.9 Å². The maximum absolute atomic E-state index is 12.0. The van der Waals surface area contributed by atoms with Gasteiger partial charge in [0.2, 0.25) is 5.95 Å². The summed E-state index contributed by atoms with van der Waals surface area (Å²) in [6, 6.07) is 0. The van der Waals surface area contributed by atoms with E-state index in [1.54, 1.807) is 11.7 Å². The van der Waals surface area contributed by atoms with Crippen molar-refractivity contribution in [2.75, 3.05) is 32.2 Å². The van der Waals surface area contributed by atoms with Gasteiger partial charge in [-0.1, -0.05) is 0 Å². The Balaban J connectivity index is 2.47. The molecule has 2 aromatic heterocycles. The second-order valence-corrected chi connectivity index (χ2v) is 4.57. The number of hydrogen-bond acceptors (Lipinski definition) is 6. The zero-order valence-electron chi connectivity index (χ0n) is 12.0. The average molecular weight is 297 g/mol. The summed E-state index contributed by atoms with van der Waals surface area (Å²) >= 11 is 0. The Morgan fingerprint density at radius 1 is 1.43 bits per heavy atom. The third-order valence-corrected chi connectivity index (χ3v) is 3.14. The molecule has 2 aromatic rings. The standard InChI is InChI=1S/C12H19N5O4/c1-16-9-8(10(19)15-12(16)20)17(5-6-18)11(14-9)13-4-3-7-21-2/h18H,3-7H2,1-2H3,(H,13,14)(H,15,19,20). The fraction of sp³-hybridized carbons (Fsp3) is 0.583. The van der Waals surface area contributed by atoms with Crippen molar-refractivity contribution in [2.24, 2.45) is 7.05 Å². The molecule has 0 fully saturated rings. The first-order valence-electron chi connectivity index (χ1n) is 6.63. The summed E-state index contributed by atoms with van der Waals surface area (Å²) in [6.07, 6.45) is 0.772. The summed E-state index contributed by atoms with van der Waals surface area (Å²) in [6.45, 7) is 1.28. The van der Waals surface area contributed by atoms with Gasteiger partial charge in [0.25, 0.3) is 5.56 Å². The molecule has 0 bridgehead atoms. The number of ether oxygens (including phenoxy) is 1. The number of nitrogens with zero attached hydrogens (tertiary/aromatic N) is 3. The van der Waals surface area contributed by atoms with E-state index in [9.17, 15) is 9.59 Å². The maximum Gasteiger partial charge on any atom is 0.329 e. The number of aromatic amines is 1. The van der Waals surface area contributed by atoms with Crippen LogP contribution < -0.4 is 16.6 Å². The summed E-state index contributed by atoms with van der Waals surface area (Å²) in [5.74, 6) is 0.446. The number of anilines is 1. The zero-order chi connectivity index (χ0) is 15.4. The highest BCUT2D eigenvalue weighted by Gasteiger charge is 2.16. The maximum atomic E-state index is 12.0. The van der Waals surface area contributed by atoms with Gasteiger partial charge < -0.3 is 19.7 Å². The SMILES string of the molecule is COCCCNc1nc2c(c(=O)[nH]c(=O)n2C)n1CCO. The predicted octanol–water partition coefficient (Wildman–Crippen LogP) is -1.14. The van der Waals surface area contributed by atoms with Gasteiger partial charge in [0.15, 0.2) is 11.2 Å². The van der Waals surface area contributed by atoms with Gasteiger partial charge in [-0.05, 0) is 6.42 Å². The number of hydrogen-bond donors (Lipinski definition) is 3. The highest BCUT2D eigenvalue weighted by atomic mass is 16.5. The van der Waals surface area contributed by atoms with Gasteiger partial charge in [-0.15, -0.1) is 0 Å². The van der Waals surface area contributed by atoms with E-state index in [2.05, 4.69) is 15.3 Å². The van der Waals surface area contributed by atoms with E-state index in [1.165, 1.54) is 11.6 Å². The molecule has 0 unspecified atom stereocenters. The van der Waals surface area contributed by atoms with Crippen molar-refractivity contribution in [3.63, 3.8) is 0 Å². The van der Waals surface area contributed by atoms with Crippen LogP contribution in [0.4, 0.5) is 5.95 Å². The van der Waals surface area contributed by atoms with E-state index in [4.69, 9.17) is 9.84 Å². The Hall–Kier alpha value is -2.13. The van der Waals surface area contributed by atoms with Crippen LogP contribution in [0.15, 0.2) is 9.59 Å². The molecule has 0 atom stereocenters. The smallest absolute Gasteiger partial charge is 0.329 e. The van der Waals surface area contributed by atoms with Crippen molar-refractivity contribution >= 4 is 17.1 Å². The first kappa shape index (κ1) is 15.3. The predicted molar refractivity (Wildman–Crippen MR) is 77.7 cm³/mol. The summed E-state index contributed by atoms with van der Waals surface area (Å²) < 4.78 is 7.80. The lowest BCUT2D eigenvalue weighted by Gasteiger charge is -2.08. The molecule has 0 aliphatic heterocycles. The van der Waals surface area contributed by atoms with Crippen LogP contribution in [-0.2, 0) is 18.3 Å². The number of aliphatic hydroxyl groups excluding tert-OH is 1. The van der Waals surface area contributed by atoms with Crippen molar-refractivity contribution in [1.82, 2.24) is 19.1 Å². The molecule has 116 valence electrons. The minimum absolute atomic E-state index is 0.138. The molecule has 3 N–H and O–H groups in total. The quantitative estimate of drug-likeness (QED) is 0.557. The Morgan fingerprint density at radius 2 is 2.19 bits per heavy atom. The van der Waals surface area contributed by atoms with Gasteiger partial charge in [-0.2, -0.15) is 4.98 Å². The van der Waals surface area contributed by atoms with E-state index in [0.717, 1.165) is 6.42 Å². The normalized spacial score (nSPS) is 11.2. The lowest BCUT2D eigenvalue weighted by atomic mass is 10.4. The van der Waals surface area contributed by atoms with Crippen LogP contribution in [0.25, 0.3) is 11.2 Å². The molecule has 0 amide bonds. The number of methoxy groups -OCH3 is 1. The summed E-state index contributed by atoms with van der Waals surface area (Å²) in [7, 11) is 3.15. The van der Waals surface area contributed by atoms with Gasteiger partial charge in [-0.3, -0.25) is 14.3 Å². The number of aromatic nitrogens is 4. The molecule has 0 spiro atoms. The number of H-pyrrole nitrogens is 1. The van der Waals surface area contributed by atoms with Gasteiger partial charge in [-0.25, -0.2) is 4.79 Å². The minimum Gasteiger partial charge on any atom is -0.395 e. The molecular formula is C12H19N5O4. The van der Waals surface area contributed by atoms with Crippen LogP contribution in [0.2, 0.25) is 0 Å². The number of aryl methyl sites for hydroxylation is 1. The van der Waals surface area contributed by atoms with Gasteiger partial charge in [0.05, 0.1) is 6.61 Å². The van der Waals surface area contributed by atoms with E-state index in [1.807, 2.05) is 0 Å². The molecule has 0 saturated carbocycles. The highest BCUT2D eigenvalue weighted by molar-refractivity contribution is 5.74. The Morgan fingerprint density at radius 3 is 2.86 bits per heavy atom. The van der Waals surface area contributed by atoms with Crippen LogP contribution in [-0.4, -0.2) is 51.1 Å². The minimum atomic E-state index is -0.521. The molecule has 9 nitrogen and oxygen atoms in total. The van der Waals surface area contributed by atoms with Crippen molar-refractivity contribution < 1.29 is 9.84 Å². The lowest BCUT2D eigenvalue weighted by Crippen LogP contribution is -2.29. The van der Waals surface area contributed by atoms with E-state index in [0.29, 0.717) is 19.1 Å². The molecule has 9 heteroatoms. The van der Waals surface area contributed by atoms with Crippen molar-refractivity contribution in [3.05, 3.63) is 20.8 Å². The lowest BCUT2D eigenvalue weighted by molar-refractivity contribution is 0.197. The largest absolute Gasteiger partial charge is 0.395 e. The number of aliphatic hydroxyl groups is 1. The first-order chi connectivity index (χ1) is 10.1. The Labute approximate surface area is 120 Å². The topological polar surface area (TPSA) is 114 Å². The molecule has 2 heterocycles. The number of rotatable bonds is 7. The first-order valence-corrected chi connectivity index (χ1v) is 6.63. The van der Waals surface area contributed by atoms with Crippen LogP contribution in [0.5, 0.6) is 0 Å². The molecule has 0 radical (unpaired) electrons. The number of nitrogens with one attached hydrogen (secondary N) is 2. The van der Waals surface area contributed by atoms with E-state index >= 15 is 0 Å². The van der Waals surface area contributed by atoms with Crippen molar-refractivity contribution in [1.29, 1.82) is 0 Å². The van der Waals surface area contributed by atoms with Gasteiger partial charge in [0.1, 0.15) is 0 Å². The highest BCUT2D eigenvalue weighted by Crippen LogP contribution is 2.14.